The highest BCUT2D eigenvalue weighted by Crippen LogP contribution is 2.48. The molecule has 54 heavy (non-hydrogen) atoms. The highest BCUT2D eigenvalue weighted by atomic mass is 14.5. The quantitative estimate of drug-likeness (QED) is 0.0704. The normalized spacial score (nSPS) is 18.8. The molecule has 0 aliphatic heterocycles. The van der Waals surface area contributed by atoms with Crippen LogP contribution in [0.4, 0.5) is 11.4 Å². The fourth-order valence-electron chi connectivity index (χ4n) is 10.0. The van der Waals surface area contributed by atoms with Crippen molar-refractivity contribution in [2.45, 2.75) is 160 Å². The fraction of sp³-hybridized carbons (Fsp3) is 0.538. The van der Waals surface area contributed by atoms with Crippen LogP contribution in [0.25, 0.3) is 0 Å². The van der Waals surface area contributed by atoms with E-state index >= 15 is 0 Å². The van der Waals surface area contributed by atoms with Gasteiger partial charge in [0.05, 0.1) is 0 Å². The third-order valence-corrected chi connectivity index (χ3v) is 13.7. The van der Waals surface area contributed by atoms with Gasteiger partial charge in [-0.25, -0.2) is 0 Å². The lowest BCUT2D eigenvalue weighted by Gasteiger charge is -2.42. The van der Waals surface area contributed by atoms with Crippen LogP contribution in [0, 0.1) is 17.8 Å². The summed E-state index contributed by atoms with van der Waals surface area (Å²) < 4.78 is 0. The van der Waals surface area contributed by atoms with Crippen molar-refractivity contribution in [2.24, 2.45) is 17.8 Å². The fourth-order valence-corrected chi connectivity index (χ4v) is 10.0. The lowest BCUT2D eigenvalue weighted by Crippen LogP contribution is -2.33. The average Bonchev–Trinajstić information content (AvgIpc) is 3.21. The second-order valence-electron chi connectivity index (χ2n) is 17.7. The second-order valence-corrected chi connectivity index (χ2v) is 17.7. The van der Waals surface area contributed by atoms with E-state index in [2.05, 4.69) is 79.7 Å². The molecule has 0 radical (unpaired) electrons. The Bertz CT molecular complexity index is 1510. The Kier molecular flexibility index (Phi) is 15.6. The minimum Gasteiger partial charge on any atom is -0.399 e. The topological polar surface area (TPSA) is 52.0 Å². The van der Waals surface area contributed by atoms with Gasteiger partial charge in [-0.15, -0.1) is 0 Å². The SMILES string of the molecule is CCCCCCCCCCCCC1CCC(CCC2CCC(c3ccc(Cc4ccc(N)cc4)cc3)(c3ccc(Cc4ccc(N)cc4)cc3)CC2)CC1. The lowest BCUT2D eigenvalue weighted by atomic mass is 9.62. The van der Waals surface area contributed by atoms with Crippen LogP contribution in [0.3, 0.4) is 0 Å². The summed E-state index contributed by atoms with van der Waals surface area (Å²) in [6.07, 6.45) is 31.9. The highest BCUT2D eigenvalue weighted by molar-refractivity contribution is 5.45. The van der Waals surface area contributed by atoms with Crippen molar-refractivity contribution in [3.63, 3.8) is 0 Å². The summed E-state index contributed by atoms with van der Waals surface area (Å²) in [7, 11) is 0. The molecule has 0 saturated heterocycles. The van der Waals surface area contributed by atoms with E-state index in [1.54, 1.807) is 0 Å². The first kappa shape index (κ1) is 40.2. The molecular formula is C52H72N2. The van der Waals surface area contributed by atoms with E-state index in [1.165, 1.54) is 168 Å². The Morgan fingerprint density at radius 2 is 0.741 bits per heavy atom. The molecule has 4 aromatic carbocycles. The van der Waals surface area contributed by atoms with Crippen LogP contribution in [0.5, 0.6) is 0 Å². The number of hydrogen-bond donors (Lipinski definition) is 2. The zero-order valence-corrected chi connectivity index (χ0v) is 33.9. The minimum absolute atomic E-state index is 0.0860. The van der Waals surface area contributed by atoms with Gasteiger partial charge in [0.15, 0.2) is 0 Å². The first-order chi connectivity index (χ1) is 26.5. The van der Waals surface area contributed by atoms with E-state index < -0.39 is 0 Å². The molecule has 2 heteroatoms. The number of unbranched alkanes of at least 4 members (excludes halogenated alkanes) is 9. The average molecular weight is 725 g/mol. The molecule has 0 atom stereocenters. The molecule has 2 aliphatic carbocycles. The van der Waals surface area contributed by atoms with Gasteiger partial charge in [-0.05, 0) is 114 Å². The van der Waals surface area contributed by atoms with E-state index in [4.69, 9.17) is 11.5 Å². The highest BCUT2D eigenvalue weighted by Gasteiger charge is 2.38. The number of benzene rings is 4. The molecule has 0 heterocycles. The van der Waals surface area contributed by atoms with E-state index in [0.29, 0.717) is 0 Å². The Labute approximate surface area is 329 Å². The maximum absolute atomic E-state index is 5.95. The van der Waals surface area contributed by atoms with Crippen LogP contribution in [0.1, 0.15) is 175 Å². The van der Waals surface area contributed by atoms with E-state index in [-0.39, 0.29) is 5.41 Å². The van der Waals surface area contributed by atoms with Crippen molar-refractivity contribution >= 4 is 11.4 Å². The van der Waals surface area contributed by atoms with Crippen molar-refractivity contribution in [3.05, 3.63) is 130 Å². The monoisotopic (exact) mass is 725 g/mol. The van der Waals surface area contributed by atoms with Crippen LogP contribution in [0.15, 0.2) is 97.1 Å². The largest absolute Gasteiger partial charge is 0.399 e. The summed E-state index contributed by atoms with van der Waals surface area (Å²) in [6, 6.07) is 36.0. The maximum Gasteiger partial charge on any atom is 0.0314 e. The maximum atomic E-state index is 5.95. The van der Waals surface area contributed by atoms with E-state index in [0.717, 1.165) is 42.0 Å². The summed E-state index contributed by atoms with van der Waals surface area (Å²) in [6.45, 7) is 2.31. The Morgan fingerprint density at radius 1 is 0.407 bits per heavy atom. The van der Waals surface area contributed by atoms with Crippen LogP contribution in [-0.4, -0.2) is 0 Å². The molecule has 2 saturated carbocycles. The van der Waals surface area contributed by atoms with Gasteiger partial charge in [0.2, 0.25) is 0 Å². The summed E-state index contributed by atoms with van der Waals surface area (Å²) in [5.41, 5.74) is 22.0. The predicted octanol–water partition coefficient (Wildman–Crippen LogP) is 14.4. The van der Waals surface area contributed by atoms with Crippen molar-refractivity contribution in [1.82, 2.24) is 0 Å². The molecule has 6 rings (SSSR count). The van der Waals surface area contributed by atoms with Gasteiger partial charge in [0.25, 0.3) is 0 Å². The van der Waals surface area contributed by atoms with E-state index in [9.17, 15) is 0 Å². The number of anilines is 2. The molecule has 0 spiro atoms. The summed E-state index contributed by atoms with van der Waals surface area (Å²) in [5.74, 6) is 2.86. The molecule has 2 fully saturated rings. The van der Waals surface area contributed by atoms with Crippen LogP contribution in [-0.2, 0) is 18.3 Å². The third kappa shape index (κ3) is 12.0. The Morgan fingerprint density at radius 3 is 1.15 bits per heavy atom. The summed E-state index contributed by atoms with van der Waals surface area (Å²) >= 11 is 0. The van der Waals surface area contributed by atoms with Gasteiger partial charge in [-0.3, -0.25) is 0 Å². The van der Waals surface area contributed by atoms with Gasteiger partial charge in [0, 0.05) is 16.8 Å². The van der Waals surface area contributed by atoms with Crippen molar-refractivity contribution in [1.29, 1.82) is 0 Å². The van der Waals surface area contributed by atoms with Crippen LogP contribution < -0.4 is 11.5 Å². The summed E-state index contributed by atoms with van der Waals surface area (Å²) in [5, 5.41) is 0. The molecule has 0 bridgehead atoms. The van der Waals surface area contributed by atoms with Gasteiger partial charge >= 0.3 is 0 Å². The van der Waals surface area contributed by atoms with Gasteiger partial charge in [-0.1, -0.05) is 189 Å². The molecular weight excluding hydrogens is 653 g/mol. The third-order valence-electron chi connectivity index (χ3n) is 13.7. The van der Waals surface area contributed by atoms with Crippen LogP contribution in [0.2, 0.25) is 0 Å². The lowest BCUT2D eigenvalue weighted by molar-refractivity contribution is 0.208. The first-order valence-electron chi connectivity index (χ1n) is 22.4. The number of nitrogen functional groups attached to an aromatic ring is 2. The van der Waals surface area contributed by atoms with Gasteiger partial charge in [-0.2, -0.15) is 0 Å². The molecule has 4 N–H and O–H groups in total. The summed E-state index contributed by atoms with van der Waals surface area (Å²) in [4.78, 5) is 0. The van der Waals surface area contributed by atoms with Crippen molar-refractivity contribution in [3.8, 4) is 0 Å². The second kappa shape index (κ2) is 21.0. The predicted molar refractivity (Wildman–Crippen MR) is 234 cm³/mol. The molecule has 2 nitrogen and oxygen atoms in total. The van der Waals surface area contributed by atoms with Gasteiger partial charge < -0.3 is 11.5 Å². The molecule has 2 aliphatic rings. The van der Waals surface area contributed by atoms with Crippen LogP contribution >= 0.6 is 0 Å². The molecule has 0 amide bonds. The van der Waals surface area contributed by atoms with Gasteiger partial charge in [0.1, 0.15) is 0 Å². The zero-order valence-electron chi connectivity index (χ0n) is 33.9. The number of rotatable bonds is 20. The molecule has 4 aromatic rings. The molecule has 0 unspecified atom stereocenters. The van der Waals surface area contributed by atoms with Crippen molar-refractivity contribution in [2.75, 3.05) is 11.5 Å². The smallest absolute Gasteiger partial charge is 0.0314 e. The molecule has 0 aromatic heterocycles. The van der Waals surface area contributed by atoms with Crippen molar-refractivity contribution < 1.29 is 0 Å². The number of nitrogens with two attached hydrogens (primary N) is 2. The number of hydrogen-bond acceptors (Lipinski definition) is 2. The van der Waals surface area contributed by atoms with E-state index in [1.807, 2.05) is 24.3 Å². The minimum atomic E-state index is 0.0860. The Hall–Kier alpha value is -3.52. The standard InChI is InChI=1S/C52H72N2/c1-2-3-4-5-6-7-8-9-10-11-12-41-13-15-42(16-14-41)17-18-43-35-37-52(38-36-43,48-27-19-44(20-28-48)39-46-23-31-50(53)32-24-46)49-29-21-45(22-30-49)40-47-25-33-51(54)34-26-47/h19-34,41-43H,2-18,35-40,53-54H2,1H3. The zero-order chi connectivity index (χ0) is 37.4. The Balaban J connectivity index is 0.992. The first-order valence-corrected chi connectivity index (χ1v) is 22.4. The molecule has 290 valence electrons.